The minimum Gasteiger partial charge on any atom is -0.267 e. The van der Waals surface area contributed by atoms with Gasteiger partial charge in [0.1, 0.15) is 0 Å². The lowest BCUT2D eigenvalue weighted by molar-refractivity contribution is 0.0957. The monoisotopic (exact) mass is 477 g/mol. The van der Waals surface area contributed by atoms with Crippen molar-refractivity contribution in [3.05, 3.63) is 99.6 Å². The number of halogens is 1. The quantitative estimate of drug-likeness (QED) is 0.247. The van der Waals surface area contributed by atoms with E-state index in [4.69, 9.17) is 4.98 Å². The fourth-order valence-electron chi connectivity index (χ4n) is 2.93. The molecule has 1 heterocycles. The highest BCUT2D eigenvalue weighted by molar-refractivity contribution is 14.1. The van der Waals surface area contributed by atoms with E-state index in [2.05, 4.69) is 33.1 Å². The van der Waals surface area contributed by atoms with Gasteiger partial charge in [0, 0.05) is 14.5 Å². The van der Waals surface area contributed by atoms with Gasteiger partial charge >= 0.3 is 0 Å². The van der Waals surface area contributed by atoms with E-state index in [9.17, 15) is 4.79 Å². The summed E-state index contributed by atoms with van der Waals surface area (Å²) >= 11 is 2.24. The third kappa shape index (κ3) is 4.09. The third-order valence-electron chi connectivity index (χ3n) is 4.26. The average molecular weight is 477 g/mol. The number of carbonyl (C=O) groups excluding carboxylic acids is 1. The van der Waals surface area contributed by atoms with Crippen molar-refractivity contribution in [3.63, 3.8) is 0 Å². The third-order valence-corrected chi connectivity index (χ3v) is 4.93. The molecule has 0 aliphatic heterocycles. The molecule has 0 saturated heterocycles. The Morgan fingerprint density at radius 2 is 1.71 bits per heavy atom. The molecule has 0 spiro atoms. The van der Waals surface area contributed by atoms with Crippen LogP contribution in [0.2, 0.25) is 0 Å². The molecule has 4 nitrogen and oxygen atoms in total. The summed E-state index contributed by atoms with van der Waals surface area (Å²) in [6.07, 6.45) is 1.64. The van der Waals surface area contributed by atoms with Crippen molar-refractivity contribution in [1.29, 1.82) is 0 Å². The molecule has 0 atom stereocenters. The lowest BCUT2D eigenvalue weighted by Gasteiger charge is -2.09. The zero-order valence-electron chi connectivity index (χ0n) is 14.8. The number of aromatic nitrogens is 1. The van der Waals surface area contributed by atoms with Crippen LogP contribution in [-0.4, -0.2) is 17.1 Å². The molecule has 0 saturated carbocycles. The molecule has 4 rings (SSSR count). The molecule has 1 amide bonds. The van der Waals surface area contributed by atoms with Gasteiger partial charge in [-0.1, -0.05) is 60.7 Å². The van der Waals surface area contributed by atoms with Gasteiger partial charge in [0.15, 0.2) is 0 Å². The summed E-state index contributed by atoms with van der Waals surface area (Å²) in [6.45, 7) is 0. The second-order valence-electron chi connectivity index (χ2n) is 6.19. The van der Waals surface area contributed by atoms with E-state index in [1.165, 1.54) is 0 Å². The summed E-state index contributed by atoms with van der Waals surface area (Å²) in [5.74, 6) is -0.266. The maximum Gasteiger partial charge on any atom is 0.272 e. The van der Waals surface area contributed by atoms with Crippen LogP contribution in [0.3, 0.4) is 0 Å². The van der Waals surface area contributed by atoms with Crippen LogP contribution in [0.25, 0.3) is 22.2 Å². The first-order valence-corrected chi connectivity index (χ1v) is 9.83. The van der Waals surface area contributed by atoms with Gasteiger partial charge in [0.25, 0.3) is 5.91 Å². The van der Waals surface area contributed by atoms with E-state index in [0.29, 0.717) is 5.56 Å². The zero-order chi connectivity index (χ0) is 19.3. The van der Waals surface area contributed by atoms with Gasteiger partial charge in [-0.2, -0.15) is 5.10 Å². The normalized spacial score (nSPS) is 11.0. The van der Waals surface area contributed by atoms with E-state index in [1.54, 1.807) is 6.21 Å². The van der Waals surface area contributed by atoms with Crippen LogP contribution < -0.4 is 5.43 Å². The number of hydrogen-bond acceptors (Lipinski definition) is 3. The Kier molecular flexibility index (Phi) is 5.43. The van der Waals surface area contributed by atoms with Crippen molar-refractivity contribution in [2.24, 2.45) is 5.10 Å². The molecule has 3 aromatic carbocycles. The summed E-state index contributed by atoms with van der Waals surface area (Å²) in [5, 5.41) is 4.92. The number of carbonyl (C=O) groups is 1. The standard InChI is InChI=1S/C23H16IN3O/c24-18-10-6-7-16(13-18)15-25-27-23(28)20-14-22(17-8-2-1-3-9-17)26-21-12-5-4-11-19(20)21/h1-15H,(H,27,28)/b25-15-. The van der Waals surface area contributed by atoms with Crippen molar-refractivity contribution in [2.75, 3.05) is 0 Å². The van der Waals surface area contributed by atoms with Crippen LogP contribution in [-0.2, 0) is 0 Å². The van der Waals surface area contributed by atoms with Crippen LogP contribution in [0, 0.1) is 3.57 Å². The summed E-state index contributed by atoms with van der Waals surface area (Å²) in [7, 11) is 0. The molecule has 1 aromatic heterocycles. The molecule has 0 aliphatic carbocycles. The van der Waals surface area contributed by atoms with Gasteiger partial charge in [0.2, 0.25) is 0 Å². The van der Waals surface area contributed by atoms with Gasteiger partial charge < -0.3 is 0 Å². The fraction of sp³-hybridized carbons (Fsp3) is 0. The number of benzene rings is 3. The first-order valence-electron chi connectivity index (χ1n) is 8.75. The molecule has 0 unspecified atom stereocenters. The molecule has 4 aromatic rings. The van der Waals surface area contributed by atoms with E-state index in [1.807, 2.05) is 84.9 Å². The minimum absolute atomic E-state index is 0.266. The summed E-state index contributed by atoms with van der Waals surface area (Å²) < 4.78 is 1.11. The number of hydrazone groups is 1. The number of amides is 1. The molecular weight excluding hydrogens is 461 g/mol. The number of nitrogens with one attached hydrogen (secondary N) is 1. The topological polar surface area (TPSA) is 54.4 Å². The molecule has 0 fully saturated rings. The van der Waals surface area contributed by atoms with Crippen LogP contribution in [0.5, 0.6) is 0 Å². The highest BCUT2D eigenvalue weighted by Crippen LogP contribution is 2.24. The van der Waals surface area contributed by atoms with Crippen LogP contribution in [0.1, 0.15) is 15.9 Å². The Hall–Kier alpha value is -3.06. The highest BCUT2D eigenvalue weighted by Gasteiger charge is 2.13. The Morgan fingerprint density at radius 1 is 0.929 bits per heavy atom. The lowest BCUT2D eigenvalue weighted by Crippen LogP contribution is -2.18. The molecular formula is C23H16IN3O. The van der Waals surface area contributed by atoms with Gasteiger partial charge in [0.05, 0.1) is 23.0 Å². The predicted molar refractivity (Wildman–Crippen MR) is 121 cm³/mol. The van der Waals surface area contributed by atoms with E-state index in [-0.39, 0.29) is 5.91 Å². The van der Waals surface area contributed by atoms with Crippen LogP contribution in [0.15, 0.2) is 90.0 Å². The highest BCUT2D eigenvalue weighted by atomic mass is 127. The fourth-order valence-corrected chi connectivity index (χ4v) is 3.50. The predicted octanol–water partition coefficient (Wildman–Crippen LogP) is 5.27. The van der Waals surface area contributed by atoms with E-state index in [0.717, 1.165) is 31.3 Å². The van der Waals surface area contributed by atoms with E-state index >= 15 is 0 Å². The smallest absolute Gasteiger partial charge is 0.267 e. The largest absolute Gasteiger partial charge is 0.272 e. The SMILES string of the molecule is O=C(N/N=C\c1cccc(I)c1)c1cc(-c2ccccc2)nc2ccccc12. The number of para-hydroxylation sites is 1. The molecule has 0 bridgehead atoms. The summed E-state index contributed by atoms with van der Waals surface area (Å²) in [5.41, 5.74) is 6.60. The molecule has 0 radical (unpaired) electrons. The molecule has 0 aliphatic rings. The van der Waals surface area contributed by atoms with Crippen molar-refractivity contribution in [2.45, 2.75) is 0 Å². The molecule has 1 N–H and O–H groups in total. The number of nitrogens with zero attached hydrogens (tertiary/aromatic N) is 2. The summed E-state index contributed by atoms with van der Waals surface area (Å²) in [6, 6.07) is 27.2. The van der Waals surface area contributed by atoms with Gasteiger partial charge in [-0.25, -0.2) is 10.4 Å². The second-order valence-corrected chi connectivity index (χ2v) is 7.44. The zero-order valence-corrected chi connectivity index (χ0v) is 17.0. The van der Waals surface area contributed by atoms with Crippen molar-refractivity contribution < 1.29 is 4.79 Å². The maximum absolute atomic E-state index is 12.8. The van der Waals surface area contributed by atoms with Crippen molar-refractivity contribution in [1.82, 2.24) is 10.4 Å². The Labute approximate surface area is 176 Å². The molecule has 136 valence electrons. The lowest BCUT2D eigenvalue weighted by atomic mass is 10.0. The van der Waals surface area contributed by atoms with Crippen molar-refractivity contribution in [3.8, 4) is 11.3 Å². The first-order chi connectivity index (χ1) is 13.7. The Bertz CT molecular complexity index is 1170. The van der Waals surface area contributed by atoms with Gasteiger partial charge in [-0.3, -0.25) is 4.79 Å². The van der Waals surface area contributed by atoms with Crippen molar-refractivity contribution >= 4 is 45.6 Å². The minimum atomic E-state index is -0.266. The Balaban J connectivity index is 1.67. The Morgan fingerprint density at radius 3 is 2.54 bits per heavy atom. The number of pyridine rings is 1. The van der Waals surface area contributed by atoms with Gasteiger partial charge in [-0.05, 0) is 52.4 Å². The number of fused-ring (bicyclic) bond motifs is 1. The van der Waals surface area contributed by atoms with Crippen LogP contribution >= 0.6 is 22.6 Å². The number of hydrogen-bond donors (Lipinski definition) is 1. The second kappa shape index (κ2) is 8.31. The first kappa shape index (κ1) is 18.3. The maximum atomic E-state index is 12.8. The summed E-state index contributed by atoms with van der Waals surface area (Å²) in [4.78, 5) is 17.6. The number of rotatable bonds is 4. The van der Waals surface area contributed by atoms with Crippen LogP contribution in [0.4, 0.5) is 0 Å². The molecule has 5 heteroatoms. The van der Waals surface area contributed by atoms with E-state index < -0.39 is 0 Å². The average Bonchev–Trinajstić information content (AvgIpc) is 2.73. The molecule has 28 heavy (non-hydrogen) atoms. The van der Waals surface area contributed by atoms with Gasteiger partial charge in [-0.15, -0.1) is 0 Å².